The molecule has 0 spiro atoms. The summed E-state index contributed by atoms with van der Waals surface area (Å²) in [7, 11) is 0. The van der Waals surface area contributed by atoms with Crippen LogP contribution >= 0.6 is 11.6 Å². The van der Waals surface area contributed by atoms with Crippen LogP contribution in [-0.4, -0.2) is 30.1 Å². The van der Waals surface area contributed by atoms with Crippen molar-refractivity contribution in [1.82, 2.24) is 0 Å². The maximum atomic E-state index is 12.4. The van der Waals surface area contributed by atoms with Crippen molar-refractivity contribution in [2.75, 3.05) is 23.3 Å². The van der Waals surface area contributed by atoms with Gasteiger partial charge in [-0.1, -0.05) is 30.7 Å². The Hall–Kier alpha value is -2.53. The highest BCUT2D eigenvalue weighted by Gasteiger charge is 2.20. The molecular weight excluding hydrogens is 352 g/mol. The first kappa shape index (κ1) is 18.3. The van der Waals surface area contributed by atoms with Crippen LogP contribution in [0.1, 0.15) is 40.5 Å². The lowest BCUT2D eigenvalue weighted by molar-refractivity contribution is 0.0698. The van der Waals surface area contributed by atoms with E-state index >= 15 is 0 Å². The van der Waals surface area contributed by atoms with Crippen molar-refractivity contribution in [1.29, 1.82) is 0 Å². The van der Waals surface area contributed by atoms with Crippen molar-refractivity contribution in [3.05, 3.63) is 58.6 Å². The number of nitrogens with zero attached hydrogens (tertiary/aromatic N) is 1. The van der Waals surface area contributed by atoms with Gasteiger partial charge in [-0.2, -0.15) is 0 Å². The van der Waals surface area contributed by atoms with E-state index in [2.05, 4.69) is 17.1 Å². The quantitative estimate of drug-likeness (QED) is 0.827. The third kappa shape index (κ3) is 3.99. The van der Waals surface area contributed by atoms with Crippen LogP contribution in [0, 0.1) is 5.92 Å². The summed E-state index contributed by atoms with van der Waals surface area (Å²) in [6, 6.07) is 11.8. The lowest BCUT2D eigenvalue weighted by atomic mass is 9.99. The highest BCUT2D eigenvalue weighted by Crippen LogP contribution is 2.28. The fourth-order valence-electron chi connectivity index (χ4n) is 3.27. The van der Waals surface area contributed by atoms with E-state index in [1.165, 1.54) is 6.42 Å². The van der Waals surface area contributed by atoms with Crippen LogP contribution in [-0.2, 0) is 0 Å². The Morgan fingerprint density at radius 3 is 2.65 bits per heavy atom. The first-order valence-electron chi connectivity index (χ1n) is 8.64. The van der Waals surface area contributed by atoms with Crippen molar-refractivity contribution in [2.24, 2.45) is 5.92 Å². The predicted molar refractivity (Wildman–Crippen MR) is 103 cm³/mol. The van der Waals surface area contributed by atoms with Gasteiger partial charge in [0.2, 0.25) is 0 Å². The Morgan fingerprint density at radius 2 is 1.96 bits per heavy atom. The summed E-state index contributed by atoms with van der Waals surface area (Å²) in [6.45, 7) is 4.02. The van der Waals surface area contributed by atoms with Gasteiger partial charge in [0.1, 0.15) is 0 Å². The molecule has 1 unspecified atom stereocenters. The number of carbonyl (C=O) groups excluding carboxylic acids is 1. The molecule has 1 aliphatic rings. The molecule has 0 aromatic heterocycles. The number of carbonyl (C=O) groups is 2. The van der Waals surface area contributed by atoms with Crippen molar-refractivity contribution in [3.8, 4) is 0 Å². The predicted octanol–water partition coefficient (Wildman–Crippen LogP) is 4.53. The molecular formula is C20H21ClN2O3. The average Bonchev–Trinajstić information content (AvgIpc) is 2.62. The molecule has 0 radical (unpaired) electrons. The molecule has 1 heterocycles. The van der Waals surface area contributed by atoms with E-state index in [1.54, 1.807) is 36.4 Å². The molecule has 5 nitrogen and oxygen atoms in total. The van der Waals surface area contributed by atoms with Crippen molar-refractivity contribution in [2.45, 2.75) is 19.8 Å². The van der Waals surface area contributed by atoms with Gasteiger partial charge in [-0.25, -0.2) is 4.79 Å². The number of halogens is 1. The van der Waals surface area contributed by atoms with E-state index in [-0.39, 0.29) is 11.3 Å². The van der Waals surface area contributed by atoms with Gasteiger partial charge >= 0.3 is 5.97 Å². The molecule has 1 saturated heterocycles. The van der Waals surface area contributed by atoms with Crippen LogP contribution in [0.3, 0.4) is 0 Å². The van der Waals surface area contributed by atoms with Crippen molar-refractivity contribution < 1.29 is 14.7 Å². The molecule has 3 rings (SSSR count). The van der Waals surface area contributed by atoms with Crippen LogP contribution in [0.4, 0.5) is 11.4 Å². The van der Waals surface area contributed by atoms with E-state index in [4.69, 9.17) is 11.6 Å². The Balaban J connectivity index is 1.86. The van der Waals surface area contributed by atoms with E-state index in [0.717, 1.165) is 25.2 Å². The highest BCUT2D eigenvalue weighted by atomic mass is 35.5. The molecule has 2 aromatic carbocycles. The number of carboxylic acids is 1. The van der Waals surface area contributed by atoms with E-state index in [1.807, 2.05) is 6.07 Å². The standard InChI is InChI=1S/C20H21ClN2O3/c1-13-5-4-10-23(12-13)14-8-9-18(16(11-14)20(25)26)22-19(24)15-6-2-3-7-17(15)21/h2-3,6-9,11,13H,4-5,10,12H2,1H3,(H,22,24)(H,25,26). The molecule has 1 aliphatic heterocycles. The van der Waals surface area contributed by atoms with Crippen molar-refractivity contribution >= 4 is 34.9 Å². The maximum Gasteiger partial charge on any atom is 0.337 e. The number of piperidine rings is 1. The number of aromatic carboxylic acids is 1. The smallest absolute Gasteiger partial charge is 0.337 e. The molecule has 1 atom stereocenters. The van der Waals surface area contributed by atoms with Gasteiger partial charge in [-0.15, -0.1) is 0 Å². The zero-order valence-electron chi connectivity index (χ0n) is 14.5. The second-order valence-corrected chi connectivity index (χ2v) is 7.07. The first-order chi connectivity index (χ1) is 12.5. The van der Waals surface area contributed by atoms with Gasteiger partial charge in [0.15, 0.2) is 0 Å². The second kappa shape index (κ2) is 7.79. The Morgan fingerprint density at radius 1 is 1.19 bits per heavy atom. The second-order valence-electron chi connectivity index (χ2n) is 6.66. The van der Waals surface area contributed by atoms with Gasteiger partial charge in [0.25, 0.3) is 5.91 Å². The van der Waals surface area contributed by atoms with Gasteiger partial charge in [0, 0.05) is 18.8 Å². The van der Waals surface area contributed by atoms with Crippen LogP contribution < -0.4 is 10.2 Å². The minimum Gasteiger partial charge on any atom is -0.478 e. The molecule has 0 bridgehead atoms. The maximum absolute atomic E-state index is 12.4. The molecule has 6 heteroatoms. The van der Waals surface area contributed by atoms with Gasteiger partial charge < -0.3 is 15.3 Å². The lowest BCUT2D eigenvalue weighted by Gasteiger charge is -2.33. The number of hydrogen-bond acceptors (Lipinski definition) is 3. The van der Waals surface area contributed by atoms with Crippen LogP contribution in [0.25, 0.3) is 0 Å². The zero-order valence-corrected chi connectivity index (χ0v) is 15.3. The summed E-state index contributed by atoms with van der Waals surface area (Å²) in [4.78, 5) is 26.3. The highest BCUT2D eigenvalue weighted by molar-refractivity contribution is 6.34. The summed E-state index contributed by atoms with van der Waals surface area (Å²) in [5, 5.41) is 12.6. The molecule has 2 N–H and O–H groups in total. The number of nitrogens with one attached hydrogen (secondary N) is 1. The van der Waals surface area contributed by atoms with E-state index < -0.39 is 11.9 Å². The Bertz CT molecular complexity index is 838. The number of hydrogen-bond donors (Lipinski definition) is 2. The molecule has 1 amide bonds. The number of amides is 1. The van der Waals surface area contributed by atoms with E-state index in [9.17, 15) is 14.7 Å². The fraction of sp³-hybridized carbons (Fsp3) is 0.300. The van der Waals surface area contributed by atoms with Gasteiger partial charge in [0.05, 0.1) is 21.8 Å². The largest absolute Gasteiger partial charge is 0.478 e. The molecule has 1 fully saturated rings. The van der Waals surface area contributed by atoms with Crippen molar-refractivity contribution in [3.63, 3.8) is 0 Å². The third-order valence-electron chi connectivity index (χ3n) is 4.62. The van der Waals surface area contributed by atoms with Crippen LogP contribution in [0.2, 0.25) is 5.02 Å². The van der Waals surface area contributed by atoms with Crippen LogP contribution in [0.15, 0.2) is 42.5 Å². The summed E-state index contributed by atoms with van der Waals surface area (Å²) < 4.78 is 0. The average molecular weight is 373 g/mol. The molecule has 0 saturated carbocycles. The topological polar surface area (TPSA) is 69.6 Å². The zero-order chi connectivity index (χ0) is 18.7. The SMILES string of the molecule is CC1CCCN(c2ccc(NC(=O)c3ccccc3Cl)c(C(=O)O)c2)C1. The monoisotopic (exact) mass is 372 g/mol. The summed E-state index contributed by atoms with van der Waals surface area (Å²) >= 11 is 6.04. The number of carboxylic acid groups (broad SMARTS) is 1. The summed E-state index contributed by atoms with van der Waals surface area (Å²) in [5.41, 5.74) is 1.50. The Labute approximate surface area is 157 Å². The Kier molecular flexibility index (Phi) is 5.47. The summed E-state index contributed by atoms with van der Waals surface area (Å²) in [5.74, 6) is -0.930. The molecule has 26 heavy (non-hydrogen) atoms. The van der Waals surface area contributed by atoms with E-state index in [0.29, 0.717) is 16.5 Å². The molecule has 136 valence electrons. The van der Waals surface area contributed by atoms with Gasteiger partial charge in [-0.3, -0.25) is 4.79 Å². The van der Waals surface area contributed by atoms with Crippen LogP contribution in [0.5, 0.6) is 0 Å². The lowest BCUT2D eigenvalue weighted by Crippen LogP contribution is -2.34. The van der Waals surface area contributed by atoms with Gasteiger partial charge in [-0.05, 0) is 49.1 Å². The minimum atomic E-state index is -1.08. The number of rotatable bonds is 4. The normalized spacial score (nSPS) is 17.0. The third-order valence-corrected chi connectivity index (χ3v) is 4.95. The number of anilines is 2. The number of benzene rings is 2. The fourth-order valence-corrected chi connectivity index (χ4v) is 3.50. The summed E-state index contributed by atoms with van der Waals surface area (Å²) in [6.07, 6.45) is 2.28. The first-order valence-corrected chi connectivity index (χ1v) is 9.01. The molecule has 0 aliphatic carbocycles. The molecule has 2 aromatic rings. The minimum absolute atomic E-state index is 0.0705.